The van der Waals surface area contributed by atoms with Gasteiger partial charge >= 0.3 is 6.41 Å². The molecule has 0 rings (SSSR count). The van der Waals surface area contributed by atoms with E-state index in [1.807, 2.05) is 0 Å². The molecule has 0 aliphatic heterocycles. The molecule has 3 nitrogen and oxygen atoms in total. The Labute approximate surface area is 61.2 Å². The predicted octanol–water partition coefficient (Wildman–Crippen LogP) is 0.197. The van der Waals surface area contributed by atoms with E-state index in [9.17, 15) is 9.59 Å². The van der Waals surface area contributed by atoms with Crippen molar-refractivity contribution in [1.29, 1.82) is 0 Å². The van der Waals surface area contributed by atoms with Crippen LogP contribution in [-0.4, -0.2) is 36.8 Å². The highest BCUT2D eigenvalue weighted by Crippen LogP contribution is 2.13. The van der Waals surface area contributed by atoms with E-state index >= 15 is 0 Å². The van der Waals surface area contributed by atoms with Crippen LogP contribution in [0.4, 0.5) is 0 Å². The monoisotopic (exact) mass is 144 g/mol. The van der Waals surface area contributed by atoms with Crippen LogP contribution in [0.2, 0.25) is 0 Å². The van der Waals surface area contributed by atoms with Gasteiger partial charge in [-0.1, -0.05) is 0 Å². The van der Waals surface area contributed by atoms with Crippen molar-refractivity contribution in [1.82, 2.24) is 0 Å². The summed E-state index contributed by atoms with van der Waals surface area (Å²) >= 11 is 0. The van der Waals surface area contributed by atoms with Gasteiger partial charge < -0.3 is 0 Å². The second-order valence-electron chi connectivity index (χ2n) is 3.42. The van der Waals surface area contributed by atoms with E-state index in [2.05, 4.69) is 0 Å². The smallest absolute Gasteiger partial charge is 0.296 e. The van der Waals surface area contributed by atoms with Crippen molar-refractivity contribution in [2.45, 2.75) is 19.4 Å². The van der Waals surface area contributed by atoms with Crippen LogP contribution in [0, 0.1) is 0 Å². The van der Waals surface area contributed by atoms with Gasteiger partial charge in [-0.15, -0.1) is 0 Å². The van der Waals surface area contributed by atoms with Crippen LogP contribution in [0.1, 0.15) is 13.8 Å². The molecule has 0 aliphatic rings. The Kier molecular flexibility index (Phi) is 2.33. The molecule has 0 spiro atoms. The lowest BCUT2D eigenvalue weighted by atomic mass is 10.0. The molecule has 3 heteroatoms. The molecule has 10 heavy (non-hydrogen) atoms. The Morgan fingerprint density at radius 2 is 1.60 bits per heavy atom. The normalized spacial score (nSPS) is 12.8. The van der Waals surface area contributed by atoms with E-state index in [0.29, 0.717) is 0 Å². The number of rotatable bonds is 3. The fourth-order valence-corrected chi connectivity index (χ4v) is 0.272. The van der Waals surface area contributed by atoms with E-state index in [0.717, 1.165) is 12.7 Å². The van der Waals surface area contributed by atoms with Gasteiger partial charge in [0.1, 0.15) is 0 Å². The third-order valence-electron chi connectivity index (χ3n) is 2.04. The van der Waals surface area contributed by atoms with Crippen LogP contribution in [-0.2, 0) is 9.59 Å². The SMILES string of the molecule is CC(C)(C=O)[N+](C)(C)C=O. The fourth-order valence-electron chi connectivity index (χ4n) is 0.272. The lowest BCUT2D eigenvalue weighted by molar-refractivity contribution is -0.844. The first kappa shape index (κ1) is 9.30. The molecular formula is C7H14NO2+. The van der Waals surface area contributed by atoms with Gasteiger partial charge in [-0.25, -0.2) is 4.79 Å². The van der Waals surface area contributed by atoms with Crippen molar-refractivity contribution in [3.05, 3.63) is 0 Å². The fraction of sp³-hybridized carbons (Fsp3) is 0.714. The molecule has 0 radical (unpaired) electrons. The number of carbonyl (C=O) groups is 2. The predicted molar refractivity (Wildman–Crippen MR) is 38.3 cm³/mol. The van der Waals surface area contributed by atoms with Gasteiger partial charge in [0, 0.05) is 0 Å². The Bertz CT molecular complexity index is 132. The second-order valence-corrected chi connectivity index (χ2v) is 3.42. The largest absolute Gasteiger partial charge is 0.301 e. The molecule has 0 aromatic heterocycles. The summed E-state index contributed by atoms with van der Waals surface area (Å²) in [6.45, 7) is 3.46. The van der Waals surface area contributed by atoms with E-state index in [1.165, 1.54) is 0 Å². The van der Waals surface area contributed by atoms with Crippen LogP contribution < -0.4 is 0 Å². The molecule has 0 bridgehead atoms. The zero-order chi connectivity index (χ0) is 8.41. The van der Waals surface area contributed by atoms with Crippen molar-refractivity contribution in [2.75, 3.05) is 14.1 Å². The maximum Gasteiger partial charge on any atom is 0.301 e. The number of nitrogens with zero attached hydrogens (tertiary/aromatic N) is 1. The minimum atomic E-state index is -0.623. The number of amides is 1. The minimum Gasteiger partial charge on any atom is -0.296 e. The Morgan fingerprint density at radius 3 is 1.70 bits per heavy atom. The van der Waals surface area contributed by atoms with E-state index in [1.54, 1.807) is 27.9 Å². The highest BCUT2D eigenvalue weighted by atomic mass is 16.2. The van der Waals surface area contributed by atoms with Crippen molar-refractivity contribution < 1.29 is 14.1 Å². The van der Waals surface area contributed by atoms with E-state index in [4.69, 9.17) is 0 Å². The molecule has 0 saturated carbocycles. The molecule has 0 atom stereocenters. The lowest BCUT2D eigenvalue weighted by Gasteiger charge is -2.34. The van der Waals surface area contributed by atoms with Gasteiger partial charge in [-0.05, 0) is 13.8 Å². The first-order valence-corrected chi connectivity index (χ1v) is 3.14. The molecule has 0 aromatic carbocycles. The highest BCUT2D eigenvalue weighted by Gasteiger charge is 2.35. The quantitative estimate of drug-likeness (QED) is 0.419. The Balaban J connectivity index is 4.59. The van der Waals surface area contributed by atoms with Crippen molar-refractivity contribution >= 4 is 12.7 Å². The summed E-state index contributed by atoms with van der Waals surface area (Å²) in [5.41, 5.74) is -0.623. The topological polar surface area (TPSA) is 34.1 Å². The second kappa shape index (κ2) is 2.50. The highest BCUT2D eigenvalue weighted by molar-refractivity contribution is 5.63. The molecule has 0 aliphatic carbocycles. The van der Waals surface area contributed by atoms with Gasteiger partial charge in [0.15, 0.2) is 11.8 Å². The summed E-state index contributed by atoms with van der Waals surface area (Å²) in [5, 5.41) is 0. The molecule has 0 aromatic rings. The molecule has 0 unspecified atom stereocenters. The first-order chi connectivity index (χ1) is 4.37. The molecule has 0 saturated heterocycles. The summed E-state index contributed by atoms with van der Waals surface area (Å²) in [6.07, 6.45) is 1.55. The van der Waals surface area contributed by atoms with Gasteiger partial charge in [-0.2, -0.15) is 0 Å². The van der Waals surface area contributed by atoms with Gasteiger partial charge in [-0.3, -0.25) is 9.28 Å². The maximum atomic E-state index is 10.5. The number of quaternary nitrogens is 1. The summed E-state index contributed by atoms with van der Waals surface area (Å²) in [5.74, 6) is 0. The zero-order valence-electron chi connectivity index (χ0n) is 6.92. The van der Waals surface area contributed by atoms with Crippen LogP contribution in [0.15, 0.2) is 0 Å². The van der Waals surface area contributed by atoms with Crippen LogP contribution in [0.25, 0.3) is 0 Å². The molecule has 58 valence electrons. The van der Waals surface area contributed by atoms with Crippen LogP contribution >= 0.6 is 0 Å². The lowest BCUT2D eigenvalue weighted by Crippen LogP contribution is -2.56. The molecule has 1 amide bonds. The van der Waals surface area contributed by atoms with E-state index in [-0.39, 0.29) is 4.48 Å². The third-order valence-corrected chi connectivity index (χ3v) is 2.04. The van der Waals surface area contributed by atoms with Crippen LogP contribution in [0.5, 0.6) is 0 Å². The summed E-state index contributed by atoms with van der Waals surface area (Å²) in [6, 6.07) is 0. The first-order valence-electron chi connectivity index (χ1n) is 3.14. The summed E-state index contributed by atoms with van der Waals surface area (Å²) in [7, 11) is 3.39. The minimum absolute atomic E-state index is 0.0660. The molecule has 0 fully saturated rings. The van der Waals surface area contributed by atoms with Crippen molar-refractivity contribution in [3.63, 3.8) is 0 Å². The van der Waals surface area contributed by atoms with Crippen molar-refractivity contribution in [3.8, 4) is 0 Å². The summed E-state index contributed by atoms with van der Waals surface area (Å²) < 4.78 is 0.0660. The Morgan fingerprint density at radius 1 is 1.20 bits per heavy atom. The molecular weight excluding hydrogens is 130 g/mol. The molecule has 0 N–H and O–H groups in total. The number of hydrogen-bond donors (Lipinski definition) is 0. The number of aldehydes is 1. The average molecular weight is 144 g/mol. The van der Waals surface area contributed by atoms with Gasteiger partial charge in [0.05, 0.1) is 14.1 Å². The zero-order valence-corrected chi connectivity index (χ0v) is 6.92. The number of likely N-dealkylation sites (N-methyl/N-ethyl adjacent to an activating group) is 1. The van der Waals surface area contributed by atoms with Gasteiger partial charge in [0.2, 0.25) is 0 Å². The molecule has 0 heterocycles. The number of carbonyl (C=O) groups excluding carboxylic acids is 2. The van der Waals surface area contributed by atoms with Crippen LogP contribution in [0.3, 0.4) is 0 Å². The summed E-state index contributed by atoms with van der Waals surface area (Å²) in [4.78, 5) is 20.9. The standard InChI is InChI=1S/C7H14NO2/c1-7(2,5-9)8(3,4)6-10/h5-6H,1-4H3/q+1. The maximum absolute atomic E-state index is 10.5. The third kappa shape index (κ3) is 1.42. The van der Waals surface area contributed by atoms with Crippen molar-refractivity contribution in [2.24, 2.45) is 0 Å². The Hall–Kier alpha value is -0.700. The van der Waals surface area contributed by atoms with E-state index < -0.39 is 5.54 Å². The average Bonchev–Trinajstić information content (AvgIpc) is 1.88. The van der Waals surface area contributed by atoms with Gasteiger partial charge in [0.25, 0.3) is 0 Å². The number of hydrogen-bond acceptors (Lipinski definition) is 2.